The van der Waals surface area contributed by atoms with Gasteiger partial charge in [-0.2, -0.15) is 5.10 Å². The molecule has 2 aromatic rings. The van der Waals surface area contributed by atoms with E-state index in [1.54, 1.807) is 11.0 Å². The summed E-state index contributed by atoms with van der Waals surface area (Å²) < 4.78 is 0. The van der Waals surface area contributed by atoms with Crippen molar-refractivity contribution in [2.75, 3.05) is 18.4 Å². The number of rotatable bonds is 5. The van der Waals surface area contributed by atoms with Crippen LogP contribution in [0.4, 0.5) is 10.5 Å². The molecule has 0 bridgehead atoms. The molecule has 7 heteroatoms. The van der Waals surface area contributed by atoms with Crippen molar-refractivity contribution in [3.8, 4) is 0 Å². The number of anilines is 1. The highest BCUT2D eigenvalue weighted by Gasteiger charge is 2.24. The number of likely N-dealkylation sites (tertiary alicyclic amines) is 1. The molecule has 138 valence electrons. The first-order valence-corrected chi connectivity index (χ1v) is 9.12. The molecule has 1 aliphatic heterocycles. The number of aromatic amines is 1. The van der Waals surface area contributed by atoms with Gasteiger partial charge in [0, 0.05) is 30.5 Å². The average Bonchev–Trinajstić information content (AvgIpc) is 3.12. The maximum Gasteiger partial charge on any atom is 0.321 e. The number of benzene rings is 1. The topological polar surface area (TPSA) is 90.1 Å². The minimum atomic E-state index is -0.157. The normalized spacial score (nSPS) is 14.9. The Bertz CT molecular complexity index is 735. The summed E-state index contributed by atoms with van der Waals surface area (Å²) in [5, 5.41) is 12.9. The standard InChI is InChI=1S/C19H25N5O2/c1-2-6-16-13-17(23-22-16)18(25)20-15-9-11-24(12-10-15)19(26)21-14-7-4-3-5-8-14/h3-5,7-8,13,15H,2,6,9-12H2,1H3,(H,20,25)(H,21,26)(H,22,23). The van der Waals surface area contributed by atoms with Gasteiger partial charge in [-0.1, -0.05) is 31.5 Å². The van der Waals surface area contributed by atoms with Crippen molar-refractivity contribution in [2.45, 2.75) is 38.6 Å². The van der Waals surface area contributed by atoms with Gasteiger partial charge in [-0.25, -0.2) is 4.79 Å². The molecule has 0 atom stereocenters. The van der Waals surface area contributed by atoms with Crippen LogP contribution < -0.4 is 10.6 Å². The molecule has 3 amide bonds. The number of carbonyl (C=O) groups is 2. The van der Waals surface area contributed by atoms with E-state index in [4.69, 9.17) is 0 Å². The third kappa shape index (κ3) is 4.62. The Kier molecular flexibility index (Phi) is 5.88. The molecule has 0 saturated carbocycles. The summed E-state index contributed by atoms with van der Waals surface area (Å²) in [6, 6.07) is 11.2. The predicted molar refractivity (Wildman–Crippen MR) is 100 cm³/mol. The fourth-order valence-electron chi connectivity index (χ4n) is 3.09. The zero-order chi connectivity index (χ0) is 18.4. The van der Waals surface area contributed by atoms with Crippen molar-refractivity contribution in [3.05, 3.63) is 47.8 Å². The third-order valence-corrected chi connectivity index (χ3v) is 4.53. The molecule has 0 spiro atoms. The molecule has 1 saturated heterocycles. The average molecular weight is 355 g/mol. The molecule has 1 aromatic carbocycles. The smallest absolute Gasteiger partial charge is 0.321 e. The SMILES string of the molecule is CCCc1cc(C(=O)NC2CCN(C(=O)Nc3ccccc3)CC2)n[nH]1. The number of carbonyl (C=O) groups excluding carboxylic acids is 2. The first-order valence-electron chi connectivity index (χ1n) is 9.12. The highest BCUT2D eigenvalue weighted by Crippen LogP contribution is 2.14. The molecular weight excluding hydrogens is 330 g/mol. The molecule has 26 heavy (non-hydrogen) atoms. The van der Waals surface area contributed by atoms with E-state index in [1.165, 1.54) is 0 Å². The van der Waals surface area contributed by atoms with Gasteiger partial charge in [0.1, 0.15) is 5.69 Å². The minimum absolute atomic E-state index is 0.0644. The summed E-state index contributed by atoms with van der Waals surface area (Å²) in [5.74, 6) is -0.157. The molecular formula is C19H25N5O2. The van der Waals surface area contributed by atoms with Gasteiger partial charge >= 0.3 is 6.03 Å². The Morgan fingerprint density at radius 1 is 1.23 bits per heavy atom. The fourth-order valence-corrected chi connectivity index (χ4v) is 3.09. The van der Waals surface area contributed by atoms with Gasteiger partial charge < -0.3 is 15.5 Å². The second-order valence-corrected chi connectivity index (χ2v) is 6.56. The van der Waals surface area contributed by atoms with E-state index < -0.39 is 0 Å². The van der Waals surface area contributed by atoms with Crippen LogP contribution in [0.1, 0.15) is 42.4 Å². The molecule has 0 aliphatic carbocycles. The van der Waals surface area contributed by atoms with Crippen LogP contribution in [0.15, 0.2) is 36.4 Å². The number of nitrogens with one attached hydrogen (secondary N) is 3. The lowest BCUT2D eigenvalue weighted by Gasteiger charge is -2.32. The Balaban J connectivity index is 1.45. The summed E-state index contributed by atoms with van der Waals surface area (Å²) in [6.07, 6.45) is 3.36. The molecule has 7 nitrogen and oxygen atoms in total. The van der Waals surface area contributed by atoms with E-state index in [2.05, 4.69) is 27.8 Å². The highest BCUT2D eigenvalue weighted by atomic mass is 16.2. The Labute approximate surface area is 153 Å². The Morgan fingerprint density at radius 3 is 2.65 bits per heavy atom. The van der Waals surface area contributed by atoms with Crippen LogP contribution >= 0.6 is 0 Å². The van der Waals surface area contributed by atoms with E-state index in [0.717, 1.165) is 37.1 Å². The molecule has 1 aliphatic rings. The van der Waals surface area contributed by atoms with Crippen molar-refractivity contribution in [1.29, 1.82) is 0 Å². The van der Waals surface area contributed by atoms with Crippen molar-refractivity contribution in [2.24, 2.45) is 0 Å². The van der Waals surface area contributed by atoms with Gasteiger partial charge in [-0.15, -0.1) is 0 Å². The van der Waals surface area contributed by atoms with E-state index in [9.17, 15) is 9.59 Å². The molecule has 3 N–H and O–H groups in total. The van der Waals surface area contributed by atoms with E-state index in [-0.39, 0.29) is 18.0 Å². The fraction of sp³-hybridized carbons (Fsp3) is 0.421. The summed E-state index contributed by atoms with van der Waals surface area (Å²) >= 11 is 0. The lowest BCUT2D eigenvalue weighted by atomic mass is 10.1. The highest BCUT2D eigenvalue weighted by molar-refractivity contribution is 5.92. The molecule has 3 rings (SSSR count). The monoisotopic (exact) mass is 355 g/mol. The van der Waals surface area contributed by atoms with Crippen LogP contribution in [0.2, 0.25) is 0 Å². The number of H-pyrrole nitrogens is 1. The molecule has 2 heterocycles. The van der Waals surface area contributed by atoms with E-state index in [0.29, 0.717) is 18.8 Å². The summed E-state index contributed by atoms with van der Waals surface area (Å²) in [5.41, 5.74) is 2.19. The number of urea groups is 1. The Hall–Kier alpha value is -2.83. The van der Waals surface area contributed by atoms with Gasteiger partial charge in [-0.3, -0.25) is 9.89 Å². The van der Waals surface area contributed by atoms with Crippen LogP contribution in [0.3, 0.4) is 0 Å². The number of aryl methyl sites for hydroxylation is 1. The van der Waals surface area contributed by atoms with Gasteiger partial charge in [0.05, 0.1) is 0 Å². The zero-order valence-corrected chi connectivity index (χ0v) is 15.0. The van der Waals surface area contributed by atoms with E-state index in [1.807, 2.05) is 30.3 Å². The van der Waals surface area contributed by atoms with Gasteiger partial charge in [-0.05, 0) is 37.5 Å². The lowest BCUT2D eigenvalue weighted by Crippen LogP contribution is -2.47. The van der Waals surface area contributed by atoms with Crippen molar-refractivity contribution in [1.82, 2.24) is 20.4 Å². The first-order chi connectivity index (χ1) is 12.7. The van der Waals surface area contributed by atoms with Crippen LogP contribution in [0, 0.1) is 0 Å². The van der Waals surface area contributed by atoms with Gasteiger partial charge in [0.2, 0.25) is 0 Å². The number of hydrogen-bond acceptors (Lipinski definition) is 3. The number of piperidine rings is 1. The minimum Gasteiger partial charge on any atom is -0.348 e. The maximum absolute atomic E-state index is 12.3. The van der Waals surface area contributed by atoms with E-state index >= 15 is 0 Å². The number of para-hydroxylation sites is 1. The van der Waals surface area contributed by atoms with Crippen LogP contribution in [-0.2, 0) is 6.42 Å². The molecule has 0 radical (unpaired) electrons. The van der Waals surface area contributed by atoms with Gasteiger partial charge in [0.15, 0.2) is 0 Å². The summed E-state index contributed by atoms with van der Waals surface area (Å²) in [4.78, 5) is 26.4. The summed E-state index contributed by atoms with van der Waals surface area (Å²) in [6.45, 7) is 3.32. The van der Waals surface area contributed by atoms with Crippen LogP contribution in [-0.4, -0.2) is 46.2 Å². The third-order valence-electron chi connectivity index (χ3n) is 4.53. The first kappa shape index (κ1) is 18.0. The van der Waals surface area contributed by atoms with Crippen molar-refractivity contribution >= 4 is 17.6 Å². The lowest BCUT2D eigenvalue weighted by molar-refractivity contribution is 0.0914. The molecule has 1 fully saturated rings. The zero-order valence-electron chi connectivity index (χ0n) is 15.0. The number of nitrogens with zero attached hydrogens (tertiary/aromatic N) is 2. The van der Waals surface area contributed by atoms with Crippen molar-refractivity contribution in [3.63, 3.8) is 0 Å². The largest absolute Gasteiger partial charge is 0.348 e. The summed E-state index contributed by atoms with van der Waals surface area (Å²) in [7, 11) is 0. The number of hydrogen-bond donors (Lipinski definition) is 3. The predicted octanol–water partition coefficient (Wildman–Crippen LogP) is 2.79. The maximum atomic E-state index is 12.3. The molecule has 0 unspecified atom stereocenters. The molecule has 1 aromatic heterocycles. The quantitative estimate of drug-likeness (QED) is 0.770. The van der Waals surface area contributed by atoms with Crippen LogP contribution in [0.25, 0.3) is 0 Å². The Morgan fingerprint density at radius 2 is 1.96 bits per heavy atom. The van der Waals surface area contributed by atoms with Crippen LogP contribution in [0.5, 0.6) is 0 Å². The second-order valence-electron chi connectivity index (χ2n) is 6.56. The number of amides is 3. The van der Waals surface area contributed by atoms with Crippen molar-refractivity contribution < 1.29 is 9.59 Å². The van der Waals surface area contributed by atoms with Gasteiger partial charge in [0.25, 0.3) is 5.91 Å². The second kappa shape index (κ2) is 8.51. The number of aromatic nitrogens is 2.